The van der Waals surface area contributed by atoms with E-state index in [2.05, 4.69) is 25.0 Å². The average molecular weight is 261 g/mol. The summed E-state index contributed by atoms with van der Waals surface area (Å²) in [7, 11) is 0. The SMILES string of the molecule is c1nnc2n1CCN(CC1CC3CCCCC3N1)C2. The van der Waals surface area contributed by atoms with Crippen molar-refractivity contribution in [3.05, 3.63) is 12.2 Å². The van der Waals surface area contributed by atoms with Gasteiger partial charge in [0.25, 0.3) is 0 Å². The third kappa shape index (κ3) is 2.30. The summed E-state index contributed by atoms with van der Waals surface area (Å²) in [6.45, 7) is 4.33. The number of aromatic nitrogens is 3. The van der Waals surface area contributed by atoms with Crippen molar-refractivity contribution >= 4 is 0 Å². The van der Waals surface area contributed by atoms with Crippen LogP contribution in [-0.2, 0) is 13.1 Å². The lowest BCUT2D eigenvalue weighted by Gasteiger charge is -2.29. The molecule has 1 aliphatic carbocycles. The highest BCUT2D eigenvalue weighted by molar-refractivity contribution is 4.96. The van der Waals surface area contributed by atoms with E-state index in [4.69, 9.17) is 0 Å². The Kier molecular flexibility index (Phi) is 3.04. The van der Waals surface area contributed by atoms with Gasteiger partial charge in [0, 0.05) is 31.7 Å². The molecule has 3 unspecified atom stereocenters. The fourth-order valence-corrected chi connectivity index (χ4v) is 4.16. The zero-order chi connectivity index (χ0) is 12.7. The molecule has 3 aliphatic rings. The van der Waals surface area contributed by atoms with Gasteiger partial charge in [-0.25, -0.2) is 0 Å². The fourth-order valence-electron chi connectivity index (χ4n) is 4.16. The van der Waals surface area contributed by atoms with Crippen molar-refractivity contribution < 1.29 is 0 Å². The maximum atomic E-state index is 4.20. The summed E-state index contributed by atoms with van der Waals surface area (Å²) < 4.78 is 2.18. The lowest BCUT2D eigenvalue weighted by atomic mass is 9.85. The summed E-state index contributed by atoms with van der Waals surface area (Å²) in [5.74, 6) is 2.08. The van der Waals surface area contributed by atoms with Crippen molar-refractivity contribution in [2.24, 2.45) is 5.92 Å². The summed E-state index contributed by atoms with van der Waals surface area (Å²) >= 11 is 0. The van der Waals surface area contributed by atoms with E-state index in [-0.39, 0.29) is 0 Å². The van der Waals surface area contributed by atoms with Crippen LogP contribution in [0.2, 0.25) is 0 Å². The van der Waals surface area contributed by atoms with Crippen LogP contribution >= 0.6 is 0 Å². The second kappa shape index (κ2) is 4.87. The average Bonchev–Trinajstić information content (AvgIpc) is 3.03. The number of nitrogens with one attached hydrogen (secondary N) is 1. The standard InChI is InChI=1S/C14H23N5/c1-2-4-13-11(3-1)7-12(16-13)8-18-5-6-19-10-15-17-14(19)9-18/h10-13,16H,1-9H2. The molecule has 0 aromatic carbocycles. The number of fused-ring (bicyclic) bond motifs is 2. The quantitative estimate of drug-likeness (QED) is 0.863. The van der Waals surface area contributed by atoms with Crippen molar-refractivity contribution in [2.75, 3.05) is 13.1 Å². The molecule has 1 saturated carbocycles. The lowest BCUT2D eigenvalue weighted by Crippen LogP contribution is -2.43. The first-order chi connectivity index (χ1) is 9.38. The van der Waals surface area contributed by atoms with Crippen LogP contribution < -0.4 is 5.32 Å². The second-order valence-corrected chi connectivity index (χ2v) is 6.43. The molecule has 0 bridgehead atoms. The molecule has 5 nitrogen and oxygen atoms in total. The second-order valence-electron chi connectivity index (χ2n) is 6.43. The summed E-state index contributed by atoms with van der Waals surface area (Å²) in [5.41, 5.74) is 0. The molecular formula is C14H23N5. The Morgan fingerprint density at radius 2 is 2.21 bits per heavy atom. The van der Waals surface area contributed by atoms with Gasteiger partial charge in [0.1, 0.15) is 12.2 Å². The molecule has 1 N–H and O–H groups in total. The molecule has 104 valence electrons. The molecule has 1 aromatic heterocycles. The van der Waals surface area contributed by atoms with Crippen LogP contribution in [0.4, 0.5) is 0 Å². The maximum absolute atomic E-state index is 4.20. The van der Waals surface area contributed by atoms with E-state index < -0.39 is 0 Å². The number of hydrogen-bond donors (Lipinski definition) is 1. The van der Waals surface area contributed by atoms with Crippen LogP contribution in [0.25, 0.3) is 0 Å². The molecule has 5 heteroatoms. The van der Waals surface area contributed by atoms with Gasteiger partial charge in [-0.05, 0) is 25.2 Å². The largest absolute Gasteiger partial charge is 0.315 e. The molecule has 2 fully saturated rings. The van der Waals surface area contributed by atoms with Gasteiger partial charge in [-0.1, -0.05) is 12.8 Å². The molecule has 0 amide bonds. The lowest BCUT2D eigenvalue weighted by molar-refractivity contribution is 0.197. The highest BCUT2D eigenvalue weighted by atomic mass is 15.3. The number of rotatable bonds is 2. The van der Waals surface area contributed by atoms with Gasteiger partial charge >= 0.3 is 0 Å². The van der Waals surface area contributed by atoms with Crippen LogP contribution in [0, 0.1) is 5.92 Å². The first-order valence-electron chi connectivity index (χ1n) is 7.73. The normalized spacial score (nSPS) is 35.1. The minimum atomic E-state index is 0.697. The predicted molar refractivity (Wildman–Crippen MR) is 72.6 cm³/mol. The van der Waals surface area contributed by atoms with Crippen LogP contribution in [-0.4, -0.2) is 44.8 Å². The monoisotopic (exact) mass is 261 g/mol. The summed E-state index contributed by atoms with van der Waals surface area (Å²) in [4.78, 5) is 2.54. The van der Waals surface area contributed by atoms with Gasteiger partial charge in [-0.3, -0.25) is 4.90 Å². The molecular weight excluding hydrogens is 238 g/mol. The highest BCUT2D eigenvalue weighted by Gasteiger charge is 2.35. The molecule has 3 heterocycles. The van der Waals surface area contributed by atoms with E-state index in [0.717, 1.165) is 37.4 Å². The molecule has 19 heavy (non-hydrogen) atoms. The summed E-state index contributed by atoms with van der Waals surface area (Å²) in [6, 6.07) is 1.51. The van der Waals surface area contributed by atoms with Gasteiger partial charge in [0.05, 0.1) is 6.54 Å². The molecule has 1 saturated heterocycles. The van der Waals surface area contributed by atoms with Crippen LogP contribution in [0.3, 0.4) is 0 Å². The smallest absolute Gasteiger partial charge is 0.147 e. The first-order valence-corrected chi connectivity index (χ1v) is 7.73. The van der Waals surface area contributed by atoms with Crippen molar-refractivity contribution in [2.45, 2.75) is 57.3 Å². The Balaban J connectivity index is 1.36. The summed E-state index contributed by atoms with van der Waals surface area (Å²) in [6.07, 6.45) is 8.96. The van der Waals surface area contributed by atoms with Crippen molar-refractivity contribution in [1.82, 2.24) is 25.0 Å². The zero-order valence-electron chi connectivity index (χ0n) is 11.5. The highest BCUT2D eigenvalue weighted by Crippen LogP contribution is 2.33. The fraction of sp³-hybridized carbons (Fsp3) is 0.857. The molecule has 0 radical (unpaired) electrons. The van der Waals surface area contributed by atoms with E-state index >= 15 is 0 Å². The Bertz CT molecular complexity index is 429. The van der Waals surface area contributed by atoms with E-state index in [1.807, 2.05) is 6.33 Å². The van der Waals surface area contributed by atoms with Gasteiger partial charge in [0.2, 0.25) is 0 Å². The molecule has 1 aromatic rings. The zero-order valence-corrected chi connectivity index (χ0v) is 11.5. The van der Waals surface area contributed by atoms with E-state index in [1.54, 1.807) is 0 Å². The molecule has 3 atom stereocenters. The Morgan fingerprint density at radius 1 is 1.26 bits per heavy atom. The first kappa shape index (κ1) is 11.9. The Morgan fingerprint density at radius 3 is 3.16 bits per heavy atom. The molecule has 4 rings (SSSR count). The number of hydrogen-bond acceptors (Lipinski definition) is 4. The minimum absolute atomic E-state index is 0.697. The van der Waals surface area contributed by atoms with Crippen LogP contribution in [0.15, 0.2) is 6.33 Å². The number of nitrogens with zero attached hydrogens (tertiary/aromatic N) is 4. The van der Waals surface area contributed by atoms with Crippen LogP contribution in [0.1, 0.15) is 37.9 Å². The Labute approximate surface area is 114 Å². The van der Waals surface area contributed by atoms with Crippen molar-refractivity contribution in [3.8, 4) is 0 Å². The van der Waals surface area contributed by atoms with Crippen molar-refractivity contribution in [3.63, 3.8) is 0 Å². The van der Waals surface area contributed by atoms with Crippen LogP contribution in [0.5, 0.6) is 0 Å². The molecule has 2 aliphatic heterocycles. The molecule has 0 spiro atoms. The third-order valence-electron chi connectivity index (χ3n) is 5.14. The van der Waals surface area contributed by atoms with E-state index in [9.17, 15) is 0 Å². The Hall–Kier alpha value is -0.940. The van der Waals surface area contributed by atoms with E-state index in [0.29, 0.717) is 6.04 Å². The third-order valence-corrected chi connectivity index (χ3v) is 5.14. The van der Waals surface area contributed by atoms with E-state index in [1.165, 1.54) is 38.6 Å². The van der Waals surface area contributed by atoms with Gasteiger partial charge < -0.3 is 9.88 Å². The topological polar surface area (TPSA) is 46.0 Å². The van der Waals surface area contributed by atoms with Gasteiger partial charge in [-0.2, -0.15) is 0 Å². The maximum Gasteiger partial charge on any atom is 0.147 e. The van der Waals surface area contributed by atoms with Gasteiger partial charge in [0.15, 0.2) is 0 Å². The minimum Gasteiger partial charge on any atom is -0.315 e. The van der Waals surface area contributed by atoms with Gasteiger partial charge in [-0.15, -0.1) is 10.2 Å². The predicted octanol–water partition coefficient (Wildman–Crippen LogP) is 1.01. The van der Waals surface area contributed by atoms with Crippen molar-refractivity contribution in [1.29, 1.82) is 0 Å². The summed E-state index contributed by atoms with van der Waals surface area (Å²) in [5, 5.41) is 12.1.